The lowest BCUT2D eigenvalue weighted by Gasteiger charge is -2.20. The second kappa shape index (κ2) is 6.45. The summed E-state index contributed by atoms with van der Waals surface area (Å²) in [5, 5.41) is 4.75. The van der Waals surface area contributed by atoms with Crippen molar-refractivity contribution in [2.75, 3.05) is 11.9 Å². The molecular weight excluding hydrogens is 322 g/mol. The van der Waals surface area contributed by atoms with Gasteiger partial charge in [-0.1, -0.05) is 35.9 Å². The van der Waals surface area contributed by atoms with Crippen LogP contribution in [0.4, 0.5) is 5.69 Å². The van der Waals surface area contributed by atoms with Gasteiger partial charge in [-0.05, 0) is 56.5 Å². The summed E-state index contributed by atoms with van der Waals surface area (Å²) in [7, 11) is 1.83. The molecule has 1 fully saturated rings. The van der Waals surface area contributed by atoms with Gasteiger partial charge in [-0.2, -0.15) is 5.10 Å². The molecule has 4 nitrogen and oxygen atoms in total. The first kappa shape index (κ1) is 16.6. The van der Waals surface area contributed by atoms with Crippen molar-refractivity contribution in [2.24, 2.45) is 0 Å². The van der Waals surface area contributed by atoms with E-state index in [0.717, 1.165) is 35.5 Å². The van der Waals surface area contributed by atoms with Crippen LogP contribution >= 0.6 is 0 Å². The van der Waals surface area contributed by atoms with E-state index in [1.54, 1.807) is 9.58 Å². The zero-order chi connectivity index (χ0) is 18.3. The Hall–Kier alpha value is -2.88. The van der Waals surface area contributed by atoms with Crippen LogP contribution < -0.4 is 4.90 Å². The van der Waals surface area contributed by atoms with Gasteiger partial charge in [-0.3, -0.25) is 4.79 Å². The summed E-state index contributed by atoms with van der Waals surface area (Å²) in [5.41, 5.74) is 5.75. The van der Waals surface area contributed by atoms with Crippen molar-refractivity contribution in [1.29, 1.82) is 0 Å². The fourth-order valence-electron chi connectivity index (χ4n) is 3.36. The molecule has 0 bridgehead atoms. The molecule has 2 aromatic carbocycles. The summed E-state index contributed by atoms with van der Waals surface area (Å²) < 4.78 is 1.79. The summed E-state index contributed by atoms with van der Waals surface area (Å²) in [4.78, 5) is 15.0. The first-order valence-electron chi connectivity index (χ1n) is 9.05. The van der Waals surface area contributed by atoms with E-state index in [2.05, 4.69) is 13.0 Å². The van der Waals surface area contributed by atoms with Crippen molar-refractivity contribution in [1.82, 2.24) is 9.78 Å². The Morgan fingerprint density at radius 2 is 1.81 bits per heavy atom. The number of carbonyl (C=O) groups is 1. The minimum absolute atomic E-state index is 0.0415. The summed E-state index contributed by atoms with van der Waals surface area (Å²) in [6.07, 6.45) is 2.32. The molecule has 1 amide bonds. The number of hydrogen-bond acceptors (Lipinski definition) is 2. The number of aryl methyl sites for hydroxylation is 2. The molecule has 0 radical (unpaired) electrons. The summed E-state index contributed by atoms with van der Waals surface area (Å²) >= 11 is 0. The molecule has 0 spiro atoms. The highest BCUT2D eigenvalue weighted by Gasteiger charge is 2.30. The van der Waals surface area contributed by atoms with E-state index in [-0.39, 0.29) is 5.91 Å². The lowest BCUT2D eigenvalue weighted by atomic mass is 10.1. The van der Waals surface area contributed by atoms with Crippen LogP contribution in [0.5, 0.6) is 0 Å². The topological polar surface area (TPSA) is 38.1 Å². The van der Waals surface area contributed by atoms with Crippen LogP contribution in [0.2, 0.25) is 0 Å². The van der Waals surface area contributed by atoms with Crippen molar-refractivity contribution in [3.05, 3.63) is 77.1 Å². The van der Waals surface area contributed by atoms with E-state index in [1.165, 1.54) is 5.56 Å². The standard InChI is InChI=1S/C22H23N3O/c1-15-9-12-20(16(2)13-15)24(3)22(26)21-14-19(17-10-11-17)23-25(21)18-7-5-4-6-8-18/h4-9,12-14,17H,10-11H2,1-3H3. The molecule has 0 atom stereocenters. The molecule has 1 aromatic heterocycles. The van der Waals surface area contributed by atoms with Gasteiger partial charge in [0.2, 0.25) is 0 Å². The molecular formula is C22H23N3O. The van der Waals surface area contributed by atoms with Gasteiger partial charge in [0.25, 0.3) is 5.91 Å². The Kier molecular flexibility index (Phi) is 4.11. The normalized spacial score (nSPS) is 13.7. The van der Waals surface area contributed by atoms with Crippen molar-refractivity contribution >= 4 is 11.6 Å². The van der Waals surface area contributed by atoms with Gasteiger partial charge in [0.05, 0.1) is 11.4 Å². The third-order valence-corrected chi connectivity index (χ3v) is 4.96. The van der Waals surface area contributed by atoms with E-state index in [4.69, 9.17) is 5.10 Å². The summed E-state index contributed by atoms with van der Waals surface area (Å²) in [6.45, 7) is 4.10. The molecule has 1 aliphatic rings. The second-order valence-electron chi connectivity index (χ2n) is 7.13. The maximum atomic E-state index is 13.3. The molecule has 0 saturated heterocycles. The van der Waals surface area contributed by atoms with Crippen LogP contribution in [-0.2, 0) is 0 Å². The number of hydrogen-bond donors (Lipinski definition) is 0. The zero-order valence-corrected chi connectivity index (χ0v) is 15.4. The first-order valence-corrected chi connectivity index (χ1v) is 9.05. The number of carbonyl (C=O) groups excluding carboxylic acids is 1. The lowest BCUT2D eigenvalue weighted by Crippen LogP contribution is -2.29. The quantitative estimate of drug-likeness (QED) is 0.691. The Bertz CT molecular complexity index is 955. The number of amides is 1. The Labute approximate surface area is 154 Å². The SMILES string of the molecule is Cc1ccc(N(C)C(=O)c2cc(C3CC3)nn2-c2ccccc2)c(C)c1. The highest BCUT2D eigenvalue weighted by Crippen LogP contribution is 2.40. The molecule has 26 heavy (non-hydrogen) atoms. The summed E-state index contributed by atoms with van der Waals surface area (Å²) in [6, 6.07) is 18.0. The van der Waals surface area contributed by atoms with Crippen molar-refractivity contribution in [3.63, 3.8) is 0 Å². The Morgan fingerprint density at radius 3 is 2.46 bits per heavy atom. The molecule has 4 rings (SSSR count). The molecule has 0 unspecified atom stereocenters. The van der Waals surface area contributed by atoms with Crippen molar-refractivity contribution in [3.8, 4) is 5.69 Å². The third kappa shape index (κ3) is 3.03. The first-order chi connectivity index (χ1) is 12.5. The molecule has 0 aliphatic heterocycles. The van der Waals surface area contributed by atoms with Crippen molar-refractivity contribution < 1.29 is 4.79 Å². The average molecular weight is 345 g/mol. The van der Waals surface area contributed by atoms with Crippen LogP contribution in [-0.4, -0.2) is 22.7 Å². The third-order valence-electron chi connectivity index (χ3n) is 4.96. The minimum Gasteiger partial charge on any atom is -0.310 e. The molecule has 1 saturated carbocycles. The van der Waals surface area contributed by atoms with Gasteiger partial charge in [0.15, 0.2) is 0 Å². The molecule has 0 N–H and O–H groups in total. The van der Waals surface area contributed by atoms with E-state index >= 15 is 0 Å². The van der Waals surface area contributed by atoms with Gasteiger partial charge in [0, 0.05) is 18.7 Å². The molecule has 3 aromatic rings. The van der Waals surface area contributed by atoms with E-state index in [0.29, 0.717) is 11.6 Å². The maximum Gasteiger partial charge on any atom is 0.276 e. The lowest BCUT2D eigenvalue weighted by molar-refractivity contribution is 0.0985. The number of anilines is 1. The fraction of sp³-hybridized carbons (Fsp3) is 0.273. The second-order valence-corrected chi connectivity index (χ2v) is 7.13. The van der Waals surface area contributed by atoms with Gasteiger partial charge >= 0.3 is 0 Å². The van der Waals surface area contributed by atoms with Crippen LogP contribution in [0.15, 0.2) is 54.6 Å². The van der Waals surface area contributed by atoms with Crippen molar-refractivity contribution in [2.45, 2.75) is 32.6 Å². The fourth-order valence-corrected chi connectivity index (χ4v) is 3.36. The molecule has 132 valence electrons. The Morgan fingerprint density at radius 1 is 1.08 bits per heavy atom. The van der Waals surface area contributed by atoms with Crippen LogP contribution in [0.25, 0.3) is 5.69 Å². The van der Waals surface area contributed by atoms with Crippen LogP contribution in [0.1, 0.15) is 46.1 Å². The van der Waals surface area contributed by atoms with Crippen LogP contribution in [0, 0.1) is 13.8 Å². The largest absolute Gasteiger partial charge is 0.310 e. The predicted octanol–water partition coefficient (Wildman–Crippen LogP) is 4.64. The number of nitrogens with zero attached hydrogens (tertiary/aromatic N) is 3. The zero-order valence-electron chi connectivity index (χ0n) is 15.4. The minimum atomic E-state index is -0.0415. The van der Waals surface area contributed by atoms with E-state index in [9.17, 15) is 4.79 Å². The monoisotopic (exact) mass is 345 g/mol. The smallest absolute Gasteiger partial charge is 0.276 e. The van der Waals surface area contributed by atoms with Gasteiger partial charge in [-0.15, -0.1) is 0 Å². The highest BCUT2D eigenvalue weighted by molar-refractivity contribution is 6.05. The van der Waals surface area contributed by atoms with E-state index in [1.807, 2.05) is 62.5 Å². The maximum absolute atomic E-state index is 13.3. The van der Waals surface area contributed by atoms with Gasteiger partial charge in [-0.25, -0.2) is 4.68 Å². The van der Waals surface area contributed by atoms with E-state index < -0.39 is 0 Å². The summed E-state index contributed by atoms with van der Waals surface area (Å²) in [5.74, 6) is 0.457. The highest BCUT2D eigenvalue weighted by atomic mass is 16.2. The number of aromatic nitrogens is 2. The molecule has 1 heterocycles. The van der Waals surface area contributed by atoms with Gasteiger partial charge in [0.1, 0.15) is 5.69 Å². The number of rotatable bonds is 4. The number of para-hydroxylation sites is 1. The molecule has 4 heteroatoms. The molecule has 1 aliphatic carbocycles. The Balaban J connectivity index is 1.75. The number of benzene rings is 2. The predicted molar refractivity (Wildman–Crippen MR) is 104 cm³/mol. The van der Waals surface area contributed by atoms with Crippen LogP contribution in [0.3, 0.4) is 0 Å². The van der Waals surface area contributed by atoms with Gasteiger partial charge < -0.3 is 4.90 Å². The average Bonchev–Trinajstić information content (AvgIpc) is 3.40.